The number of ether oxygens (including phenoxy) is 1. The Labute approximate surface area is 164 Å². The topological polar surface area (TPSA) is 75.7 Å². The number of amides is 1. The molecule has 0 aliphatic rings. The molecule has 0 unspecified atom stereocenters. The zero-order chi connectivity index (χ0) is 19.9. The number of likely N-dealkylation sites (N-methyl/N-ethyl adjacent to an activating group) is 1. The van der Waals surface area contributed by atoms with Crippen molar-refractivity contribution < 1.29 is 17.9 Å². The second-order valence-corrected chi connectivity index (χ2v) is 8.02. The molecule has 6 nitrogen and oxygen atoms in total. The summed E-state index contributed by atoms with van der Waals surface area (Å²) in [6.07, 6.45) is 4.21. The van der Waals surface area contributed by atoms with E-state index in [1.54, 1.807) is 49.5 Å². The van der Waals surface area contributed by atoms with Crippen molar-refractivity contribution >= 4 is 39.3 Å². The summed E-state index contributed by atoms with van der Waals surface area (Å²) in [5.74, 6) is 0.412. The van der Waals surface area contributed by atoms with Crippen molar-refractivity contribution in [2.45, 2.75) is 0 Å². The van der Waals surface area contributed by atoms with Gasteiger partial charge in [-0.25, -0.2) is 8.42 Å². The van der Waals surface area contributed by atoms with Crippen LogP contribution >= 0.6 is 11.6 Å². The van der Waals surface area contributed by atoms with Crippen LogP contribution < -0.4 is 9.46 Å². The van der Waals surface area contributed by atoms with Crippen LogP contribution in [0.1, 0.15) is 5.56 Å². The lowest BCUT2D eigenvalue weighted by Gasteiger charge is -2.16. The summed E-state index contributed by atoms with van der Waals surface area (Å²) in [4.78, 5) is 13.7. The molecule has 0 saturated heterocycles. The maximum atomic E-state index is 12.1. The van der Waals surface area contributed by atoms with E-state index >= 15 is 0 Å². The quantitative estimate of drug-likeness (QED) is 0.680. The minimum absolute atomic E-state index is 0.170. The molecule has 0 aromatic heterocycles. The Morgan fingerprint density at radius 3 is 2.48 bits per heavy atom. The highest BCUT2D eigenvalue weighted by Crippen LogP contribution is 2.22. The Bertz CT molecular complexity index is 912. The Hall–Kier alpha value is -2.51. The molecular formula is C19H21ClN2O4S. The predicted molar refractivity (Wildman–Crippen MR) is 109 cm³/mol. The minimum atomic E-state index is -3.31. The summed E-state index contributed by atoms with van der Waals surface area (Å²) in [5.41, 5.74) is 1.25. The van der Waals surface area contributed by atoms with Crippen LogP contribution in [-0.4, -0.2) is 45.7 Å². The van der Waals surface area contributed by atoms with E-state index in [9.17, 15) is 13.2 Å². The molecule has 1 amide bonds. The highest BCUT2D eigenvalue weighted by Gasteiger charge is 2.06. The molecule has 0 aliphatic heterocycles. The highest BCUT2D eigenvalue weighted by atomic mass is 35.5. The summed E-state index contributed by atoms with van der Waals surface area (Å²) in [6, 6.07) is 13.9. The SMILES string of the molecule is CN(CCOc1ccccc1Cl)C(=O)C=Cc1ccc(NS(C)(=O)=O)cc1. The maximum Gasteiger partial charge on any atom is 0.246 e. The third-order valence-corrected chi connectivity index (χ3v) is 4.45. The fourth-order valence-corrected chi connectivity index (χ4v) is 2.89. The van der Waals surface area contributed by atoms with Crippen LogP contribution in [0.15, 0.2) is 54.6 Å². The Morgan fingerprint density at radius 2 is 1.85 bits per heavy atom. The Kier molecular flexibility index (Phi) is 7.27. The number of rotatable bonds is 8. The molecule has 2 aromatic rings. The minimum Gasteiger partial charge on any atom is -0.490 e. The first kappa shape index (κ1) is 20.8. The largest absolute Gasteiger partial charge is 0.490 e. The van der Waals surface area contributed by atoms with Gasteiger partial charge >= 0.3 is 0 Å². The molecule has 27 heavy (non-hydrogen) atoms. The van der Waals surface area contributed by atoms with Crippen LogP contribution in [0.25, 0.3) is 6.08 Å². The summed E-state index contributed by atoms with van der Waals surface area (Å²) >= 11 is 6.01. The van der Waals surface area contributed by atoms with Crippen molar-refractivity contribution in [2.75, 3.05) is 31.2 Å². The number of para-hydroxylation sites is 1. The smallest absolute Gasteiger partial charge is 0.246 e. The normalized spacial score (nSPS) is 11.4. The van der Waals surface area contributed by atoms with Gasteiger partial charge in [0.25, 0.3) is 0 Å². The average molecular weight is 409 g/mol. The van der Waals surface area contributed by atoms with Crippen LogP contribution in [-0.2, 0) is 14.8 Å². The maximum absolute atomic E-state index is 12.1. The second kappa shape index (κ2) is 9.43. The van der Waals surface area contributed by atoms with E-state index in [-0.39, 0.29) is 5.91 Å². The van der Waals surface area contributed by atoms with E-state index in [1.165, 1.54) is 11.0 Å². The summed E-state index contributed by atoms with van der Waals surface area (Å²) < 4.78 is 30.3. The second-order valence-electron chi connectivity index (χ2n) is 5.87. The first-order chi connectivity index (χ1) is 12.7. The molecule has 0 atom stereocenters. The average Bonchev–Trinajstić information content (AvgIpc) is 2.61. The predicted octanol–water partition coefficient (Wildman–Crippen LogP) is 3.26. The fraction of sp³-hybridized carbons (Fsp3) is 0.211. The van der Waals surface area contributed by atoms with Crippen LogP contribution in [0, 0.1) is 0 Å². The number of carbonyl (C=O) groups excluding carboxylic acids is 1. The van der Waals surface area contributed by atoms with E-state index in [0.717, 1.165) is 11.8 Å². The van der Waals surface area contributed by atoms with Gasteiger partial charge in [-0.3, -0.25) is 9.52 Å². The van der Waals surface area contributed by atoms with Gasteiger partial charge in [-0.05, 0) is 35.9 Å². The molecule has 0 saturated carbocycles. The number of nitrogens with zero attached hydrogens (tertiary/aromatic N) is 1. The Balaban J connectivity index is 1.83. The van der Waals surface area contributed by atoms with E-state index in [1.807, 2.05) is 12.1 Å². The molecule has 0 radical (unpaired) electrons. The van der Waals surface area contributed by atoms with Crippen molar-refractivity contribution in [1.82, 2.24) is 4.90 Å². The van der Waals surface area contributed by atoms with Crippen LogP contribution in [0.4, 0.5) is 5.69 Å². The molecule has 2 rings (SSSR count). The third kappa shape index (κ3) is 7.32. The standard InChI is InChI=1S/C19H21ClN2O4S/c1-22(13-14-26-18-6-4-3-5-17(18)20)19(23)12-9-15-7-10-16(11-8-15)21-27(2,24)25/h3-12,21H,13-14H2,1-2H3. The Morgan fingerprint density at radius 1 is 1.19 bits per heavy atom. The van der Waals surface area contributed by atoms with Crippen molar-refractivity contribution in [3.05, 3.63) is 65.2 Å². The number of carbonyl (C=O) groups is 1. The van der Waals surface area contributed by atoms with Crippen LogP contribution in [0.2, 0.25) is 5.02 Å². The lowest BCUT2D eigenvalue weighted by Crippen LogP contribution is -2.29. The first-order valence-corrected chi connectivity index (χ1v) is 10.4. The molecule has 0 bridgehead atoms. The van der Waals surface area contributed by atoms with E-state index in [0.29, 0.717) is 29.6 Å². The lowest BCUT2D eigenvalue weighted by atomic mass is 10.2. The van der Waals surface area contributed by atoms with Gasteiger partial charge in [-0.2, -0.15) is 0 Å². The summed E-state index contributed by atoms with van der Waals surface area (Å²) in [6.45, 7) is 0.733. The highest BCUT2D eigenvalue weighted by molar-refractivity contribution is 7.92. The molecule has 144 valence electrons. The van der Waals surface area contributed by atoms with Gasteiger partial charge in [0.05, 0.1) is 17.8 Å². The summed E-state index contributed by atoms with van der Waals surface area (Å²) in [5, 5.41) is 0.528. The van der Waals surface area contributed by atoms with Crippen molar-refractivity contribution in [3.8, 4) is 5.75 Å². The van der Waals surface area contributed by atoms with E-state index in [4.69, 9.17) is 16.3 Å². The third-order valence-electron chi connectivity index (χ3n) is 3.53. The molecular weight excluding hydrogens is 388 g/mol. The molecule has 1 N–H and O–H groups in total. The molecule has 0 aliphatic carbocycles. The number of benzene rings is 2. The number of anilines is 1. The van der Waals surface area contributed by atoms with Crippen LogP contribution in [0.3, 0.4) is 0 Å². The number of halogens is 1. The monoisotopic (exact) mass is 408 g/mol. The van der Waals surface area contributed by atoms with Gasteiger partial charge in [0.2, 0.25) is 15.9 Å². The van der Waals surface area contributed by atoms with Crippen molar-refractivity contribution in [1.29, 1.82) is 0 Å². The molecule has 0 heterocycles. The van der Waals surface area contributed by atoms with Crippen molar-refractivity contribution in [2.24, 2.45) is 0 Å². The van der Waals surface area contributed by atoms with E-state index in [2.05, 4.69) is 4.72 Å². The zero-order valence-corrected chi connectivity index (χ0v) is 16.6. The number of hydrogen-bond donors (Lipinski definition) is 1. The van der Waals surface area contributed by atoms with Crippen molar-refractivity contribution in [3.63, 3.8) is 0 Å². The van der Waals surface area contributed by atoms with Crippen LogP contribution in [0.5, 0.6) is 5.75 Å². The van der Waals surface area contributed by atoms with Gasteiger partial charge in [-0.15, -0.1) is 0 Å². The molecule has 0 spiro atoms. The van der Waals surface area contributed by atoms with Gasteiger partial charge in [-0.1, -0.05) is 35.9 Å². The number of hydrogen-bond acceptors (Lipinski definition) is 4. The van der Waals surface area contributed by atoms with Gasteiger partial charge in [0, 0.05) is 18.8 Å². The molecule has 0 fully saturated rings. The molecule has 2 aromatic carbocycles. The van der Waals surface area contributed by atoms with E-state index < -0.39 is 10.0 Å². The zero-order valence-electron chi connectivity index (χ0n) is 15.1. The van der Waals surface area contributed by atoms with Gasteiger partial charge < -0.3 is 9.64 Å². The molecule has 8 heteroatoms. The fourth-order valence-electron chi connectivity index (χ4n) is 2.14. The number of sulfonamides is 1. The first-order valence-electron chi connectivity index (χ1n) is 8.13. The number of nitrogens with one attached hydrogen (secondary N) is 1. The van der Waals surface area contributed by atoms with Gasteiger partial charge in [0.1, 0.15) is 12.4 Å². The van der Waals surface area contributed by atoms with Gasteiger partial charge in [0.15, 0.2) is 0 Å². The summed E-state index contributed by atoms with van der Waals surface area (Å²) in [7, 11) is -1.63. The lowest BCUT2D eigenvalue weighted by molar-refractivity contribution is -0.125.